The Morgan fingerprint density at radius 2 is 1.31 bits per heavy atom. The highest BCUT2D eigenvalue weighted by Gasteiger charge is 2.58. The standard InChI is InChI=1S/C26H22/c1-2-10-18(11-3-1)26-22-15-7-4-12-19(22)25(20-13-5-8-16-23(20)26)21-14-6-9-17-24(21)26/h1-5,7-13,15-17,21,24-25H,6,14H2/t21-,24+,25?,26?/m0/s1. The predicted octanol–water partition coefficient (Wildman–Crippen LogP) is 6.06. The molecule has 3 aromatic rings. The van der Waals surface area contributed by atoms with Crippen molar-refractivity contribution in [1.82, 2.24) is 0 Å². The molecule has 0 unspecified atom stereocenters. The molecule has 0 heteroatoms. The summed E-state index contributed by atoms with van der Waals surface area (Å²) in [6.45, 7) is 0. The first kappa shape index (κ1) is 14.6. The number of hydrogen-bond acceptors (Lipinski definition) is 0. The summed E-state index contributed by atoms with van der Waals surface area (Å²) in [5.74, 6) is 1.79. The van der Waals surface area contributed by atoms with Gasteiger partial charge in [0.1, 0.15) is 0 Å². The Bertz CT molecular complexity index is 963. The van der Waals surface area contributed by atoms with Crippen molar-refractivity contribution in [1.29, 1.82) is 0 Å². The van der Waals surface area contributed by atoms with E-state index in [4.69, 9.17) is 0 Å². The maximum atomic E-state index is 2.54. The Labute approximate surface area is 155 Å². The molecule has 26 heavy (non-hydrogen) atoms. The van der Waals surface area contributed by atoms with E-state index in [1.807, 2.05) is 0 Å². The van der Waals surface area contributed by atoms with Crippen molar-refractivity contribution in [3.63, 3.8) is 0 Å². The summed E-state index contributed by atoms with van der Waals surface area (Å²) in [6.07, 6.45) is 7.48. The molecular formula is C26H22. The van der Waals surface area contributed by atoms with Crippen LogP contribution in [0.3, 0.4) is 0 Å². The van der Waals surface area contributed by atoms with E-state index in [1.54, 1.807) is 11.1 Å². The second kappa shape index (κ2) is 5.20. The molecule has 0 saturated heterocycles. The molecule has 4 aliphatic carbocycles. The lowest BCUT2D eigenvalue weighted by atomic mass is 9.44. The molecular weight excluding hydrogens is 312 g/mol. The van der Waals surface area contributed by atoms with Crippen LogP contribution in [0.25, 0.3) is 0 Å². The van der Waals surface area contributed by atoms with Gasteiger partial charge in [0, 0.05) is 5.92 Å². The van der Waals surface area contributed by atoms with E-state index in [0.29, 0.717) is 17.8 Å². The molecule has 0 nitrogen and oxygen atoms in total. The van der Waals surface area contributed by atoms with E-state index >= 15 is 0 Å². The van der Waals surface area contributed by atoms with Crippen LogP contribution in [0.1, 0.15) is 46.6 Å². The normalized spacial score (nSPS) is 30.4. The van der Waals surface area contributed by atoms with Gasteiger partial charge in [0.25, 0.3) is 0 Å². The number of benzene rings is 3. The first-order valence-electron chi connectivity index (χ1n) is 9.83. The van der Waals surface area contributed by atoms with E-state index in [0.717, 1.165) is 0 Å². The lowest BCUT2D eigenvalue weighted by molar-refractivity contribution is 0.205. The largest absolute Gasteiger partial charge is 0.0882 e. The van der Waals surface area contributed by atoms with Gasteiger partial charge in [-0.3, -0.25) is 0 Å². The Morgan fingerprint density at radius 3 is 2.00 bits per heavy atom. The van der Waals surface area contributed by atoms with Gasteiger partial charge in [-0.15, -0.1) is 0 Å². The van der Waals surface area contributed by atoms with Gasteiger partial charge in [-0.2, -0.15) is 0 Å². The van der Waals surface area contributed by atoms with Gasteiger partial charge < -0.3 is 0 Å². The van der Waals surface area contributed by atoms with Crippen LogP contribution in [0.2, 0.25) is 0 Å². The molecule has 7 rings (SSSR count). The fraction of sp³-hybridized carbons (Fsp3) is 0.231. The highest BCUT2D eigenvalue weighted by Crippen LogP contribution is 2.65. The summed E-state index contributed by atoms with van der Waals surface area (Å²) in [5.41, 5.74) is 7.58. The van der Waals surface area contributed by atoms with Crippen molar-refractivity contribution in [3.8, 4) is 0 Å². The van der Waals surface area contributed by atoms with Gasteiger partial charge in [-0.05, 0) is 52.5 Å². The second-order valence-corrected chi connectivity index (χ2v) is 8.02. The molecule has 0 fully saturated rings. The molecule has 0 aliphatic heterocycles. The smallest absolute Gasteiger partial charge is 0.0522 e. The fourth-order valence-corrected chi connectivity index (χ4v) is 6.29. The van der Waals surface area contributed by atoms with Crippen molar-refractivity contribution < 1.29 is 0 Å². The van der Waals surface area contributed by atoms with Crippen LogP contribution < -0.4 is 0 Å². The molecule has 0 spiro atoms. The van der Waals surface area contributed by atoms with Crippen molar-refractivity contribution in [2.75, 3.05) is 0 Å². The molecule has 0 aromatic heterocycles. The molecule has 2 atom stereocenters. The summed E-state index contributed by atoms with van der Waals surface area (Å²) >= 11 is 0. The number of hydrogen-bond donors (Lipinski definition) is 0. The van der Waals surface area contributed by atoms with Gasteiger partial charge in [-0.25, -0.2) is 0 Å². The predicted molar refractivity (Wildman–Crippen MR) is 106 cm³/mol. The van der Waals surface area contributed by atoms with Crippen molar-refractivity contribution in [2.24, 2.45) is 11.8 Å². The lowest BCUT2D eigenvalue weighted by Gasteiger charge is -2.58. The lowest BCUT2D eigenvalue weighted by Crippen LogP contribution is -2.52. The van der Waals surface area contributed by atoms with Crippen molar-refractivity contribution in [2.45, 2.75) is 24.2 Å². The summed E-state index contributed by atoms with van der Waals surface area (Å²) in [7, 11) is 0. The number of allylic oxidation sites excluding steroid dienone is 2. The summed E-state index contributed by atoms with van der Waals surface area (Å²) < 4.78 is 0. The summed E-state index contributed by atoms with van der Waals surface area (Å²) in [6, 6.07) is 29.7. The van der Waals surface area contributed by atoms with Crippen molar-refractivity contribution in [3.05, 3.63) is 119 Å². The quantitative estimate of drug-likeness (QED) is 0.474. The van der Waals surface area contributed by atoms with E-state index in [1.165, 1.54) is 29.5 Å². The van der Waals surface area contributed by atoms with Crippen LogP contribution in [0, 0.1) is 11.8 Å². The molecule has 2 bridgehead atoms. The van der Waals surface area contributed by atoms with E-state index in [2.05, 4.69) is 91.0 Å². The van der Waals surface area contributed by atoms with E-state index in [-0.39, 0.29) is 5.41 Å². The third-order valence-corrected chi connectivity index (χ3v) is 7.07. The zero-order valence-electron chi connectivity index (χ0n) is 14.8. The molecule has 0 saturated carbocycles. The fourth-order valence-electron chi connectivity index (χ4n) is 6.29. The highest BCUT2D eigenvalue weighted by atomic mass is 14.6. The van der Waals surface area contributed by atoms with Gasteiger partial charge in [0.05, 0.1) is 5.41 Å². The highest BCUT2D eigenvalue weighted by molar-refractivity contribution is 5.66. The maximum absolute atomic E-state index is 2.54. The van der Waals surface area contributed by atoms with Gasteiger partial charge in [0.15, 0.2) is 0 Å². The first-order valence-corrected chi connectivity index (χ1v) is 9.83. The van der Waals surface area contributed by atoms with Crippen LogP contribution in [0.5, 0.6) is 0 Å². The van der Waals surface area contributed by atoms with Crippen LogP contribution in [-0.2, 0) is 5.41 Å². The minimum absolute atomic E-state index is 0.0508. The molecule has 0 heterocycles. The Balaban J connectivity index is 1.81. The first-order chi connectivity index (χ1) is 12.9. The molecule has 0 amide bonds. The van der Waals surface area contributed by atoms with Crippen LogP contribution in [0.15, 0.2) is 91.0 Å². The van der Waals surface area contributed by atoms with Gasteiger partial charge in [0.2, 0.25) is 0 Å². The molecule has 126 valence electrons. The SMILES string of the molecule is C1=C[C@@H]2[C@H](CC1)C1c3ccccc3C2(c2ccccc2)c2ccccc21. The third-order valence-electron chi connectivity index (χ3n) is 7.07. The average molecular weight is 334 g/mol. The second-order valence-electron chi connectivity index (χ2n) is 8.02. The van der Waals surface area contributed by atoms with Gasteiger partial charge >= 0.3 is 0 Å². The third kappa shape index (κ3) is 1.61. The average Bonchev–Trinajstić information content (AvgIpc) is 2.74. The van der Waals surface area contributed by atoms with Crippen LogP contribution >= 0.6 is 0 Å². The molecule has 4 aliphatic rings. The molecule has 0 N–H and O–H groups in total. The zero-order chi connectivity index (χ0) is 17.1. The van der Waals surface area contributed by atoms with E-state index < -0.39 is 0 Å². The Kier molecular flexibility index (Phi) is 2.91. The minimum Gasteiger partial charge on any atom is -0.0882 e. The topological polar surface area (TPSA) is 0 Å². The maximum Gasteiger partial charge on any atom is 0.0522 e. The zero-order valence-corrected chi connectivity index (χ0v) is 14.8. The molecule has 0 radical (unpaired) electrons. The summed E-state index contributed by atoms with van der Waals surface area (Å²) in [4.78, 5) is 0. The van der Waals surface area contributed by atoms with Crippen molar-refractivity contribution >= 4 is 0 Å². The van der Waals surface area contributed by atoms with Gasteiger partial charge in [-0.1, -0.05) is 91.0 Å². The van der Waals surface area contributed by atoms with E-state index in [9.17, 15) is 0 Å². The van der Waals surface area contributed by atoms with Crippen LogP contribution in [0.4, 0.5) is 0 Å². The Morgan fingerprint density at radius 1 is 0.692 bits per heavy atom. The monoisotopic (exact) mass is 334 g/mol. The summed E-state index contributed by atoms with van der Waals surface area (Å²) in [5, 5.41) is 0. The Hall–Kier alpha value is -2.60. The van der Waals surface area contributed by atoms with Crippen LogP contribution in [-0.4, -0.2) is 0 Å². The molecule has 3 aromatic carbocycles. The minimum atomic E-state index is -0.0508. The number of rotatable bonds is 1.